The van der Waals surface area contributed by atoms with Crippen molar-refractivity contribution in [1.82, 2.24) is 19.5 Å². The van der Waals surface area contributed by atoms with Crippen LogP contribution >= 0.6 is 0 Å². The van der Waals surface area contributed by atoms with E-state index in [9.17, 15) is 4.79 Å². The Hall–Kier alpha value is -4.40. The molecule has 9 heteroatoms. The molecule has 3 heterocycles. The molecule has 9 nitrogen and oxygen atoms in total. The second-order valence-corrected chi connectivity index (χ2v) is 7.44. The summed E-state index contributed by atoms with van der Waals surface area (Å²) in [5, 5.41) is 2.84. The van der Waals surface area contributed by atoms with E-state index in [4.69, 9.17) is 14.2 Å². The molecule has 1 N–H and O–H groups in total. The van der Waals surface area contributed by atoms with Crippen LogP contribution in [0.1, 0.15) is 11.6 Å². The largest absolute Gasteiger partial charge is 0.485 e. The van der Waals surface area contributed by atoms with Gasteiger partial charge in [-0.3, -0.25) is 9.36 Å². The van der Waals surface area contributed by atoms with Gasteiger partial charge in [-0.05, 0) is 50.2 Å². The van der Waals surface area contributed by atoms with Crippen molar-refractivity contribution < 1.29 is 19.0 Å². The molecule has 0 aliphatic carbocycles. The van der Waals surface area contributed by atoms with Gasteiger partial charge in [0.1, 0.15) is 29.8 Å². The van der Waals surface area contributed by atoms with E-state index in [0.717, 1.165) is 5.82 Å². The number of amides is 1. The van der Waals surface area contributed by atoms with Crippen LogP contribution in [0.3, 0.4) is 0 Å². The van der Waals surface area contributed by atoms with Crippen molar-refractivity contribution in [2.24, 2.45) is 0 Å². The fraction of sp³-hybridized carbons (Fsp3) is 0.167. The number of ether oxygens (including phenoxy) is 3. The third-order valence-electron chi connectivity index (χ3n) is 5.02. The molecule has 0 radical (unpaired) electrons. The summed E-state index contributed by atoms with van der Waals surface area (Å²) >= 11 is 0. The number of fused-ring (bicyclic) bond motifs is 1. The Morgan fingerprint density at radius 2 is 1.88 bits per heavy atom. The van der Waals surface area contributed by atoms with Crippen LogP contribution in [-0.2, 0) is 4.79 Å². The van der Waals surface area contributed by atoms with Crippen molar-refractivity contribution in [1.29, 1.82) is 0 Å². The second-order valence-electron chi connectivity index (χ2n) is 7.44. The maximum Gasteiger partial charge on any atom is 0.269 e. The molecular formula is C24H21N5O4. The van der Waals surface area contributed by atoms with Gasteiger partial charge in [0.25, 0.3) is 5.91 Å². The highest BCUT2D eigenvalue weighted by molar-refractivity contribution is 5.94. The minimum absolute atomic E-state index is 0.149. The van der Waals surface area contributed by atoms with Crippen molar-refractivity contribution in [3.8, 4) is 28.9 Å². The summed E-state index contributed by atoms with van der Waals surface area (Å²) in [7, 11) is 0. The van der Waals surface area contributed by atoms with E-state index in [1.807, 2.05) is 29.8 Å². The van der Waals surface area contributed by atoms with Crippen molar-refractivity contribution in [2.75, 3.05) is 11.9 Å². The third kappa shape index (κ3) is 4.47. The van der Waals surface area contributed by atoms with Crippen molar-refractivity contribution in [3.63, 3.8) is 0 Å². The van der Waals surface area contributed by atoms with E-state index in [1.54, 1.807) is 55.6 Å². The molecule has 33 heavy (non-hydrogen) atoms. The summed E-state index contributed by atoms with van der Waals surface area (Å²) < 4.78 is 19.1. The number of imidazole rings is 1. The van der Waals surface area contributed by atoms with Crippen LogP contribution in [0.25, 0.3) is 5.82 Å². The Kier molecular flexibility index (Phi) is 5.35. The molecule has 5 rings (SSSR count). The van der Waals surface area contributed by atoms with Crippen LogP contribution in [0, 0.1) is 13.8 Å². The Bertz CT molecular complexity index is 1300. The zero-order valence-corrected chi connectivity index (χ0v) is 18.1. The number of anilines is 1. The number of nitrogens with one attached hydrogen (secondary N) is 1. The van der Waals surface area contributed by atoms with Gasteiger partial charge in [0.15, 0.2) is 11.5 Å². The first kappa shape index (κ1) is 20.5. The van der Waals surface area contributed by atoms with E-state index in [1.165, 1.54) is 0 Å². The van der Waals surface area contributed by atoms with Crippen LogP contribution in [0.5, 0.6) is 23.1 Å². The fourth-order valence-electron chi connectivity index (χ4n) is 3.42. The van der Waals surface area contributed by atoms with E-state index < -0.39 is 6.10 Å². The van der Waals surface area contributed by atoms with Crippen molar-refractivity contribution in [3.05, 3.63) is 78.6 Å². The molecule has 0 bridgehead atoms. The lowest BCUT2D eigenvalue weighted by atomic mass is 10.2. The summed E-state index contributed by atoms with van der Waals surface area (Å²) in [6.45, 7) is 3.85. The smallest absolute Gasteiger partial charge is 0.269 e. The number of para-hydroxylation sites is 2. The lowest BCUT2D eigenvalue weighted by Crippen LogP contribution is -2.40. The zero-order chi connectivity index (χ0) is 22.8. The topological polar surface area (TPSA) is 100 Å². The van der Waals surface area contributed by atoms with Gasteiger partial charge in [-0.25, -0.2) is 9.97 Å². The van der Waals surface area contributed by atoms with E-state index >= 15 is 0 Å². The number of aryl methyl sites for hydroxylation is 2. The maximum absolute atomic E-state index is 12.6. The Morgan fingerprint density at radius 3 is 2.64 bits per heavy atom. The zero-order valence-electron chi connectivity index (χ0n) is 18.1. The number of benzene rings is 2. The summed E-state index contributed by atoms with van der Waals surface area (Å²) in [5.41, 5.74) is 0.614. The minimum atomic E-state index is -0.732. The molecule has 2 aromatic heterocycles. The van der Waals surface area contributed by atoms with Gasteiger partial charge in [-0.2, -0.15) is 4.98 Å². The minimum Gasteiger partial charge on any atom is -0.485 e. The lowest BCUT2D eigenvalue weighted by molar-refractivity contribution is -0.125. The Labute approximate surface area is 190 Å². The highest BCUT2D eigenvalue weighted by Crippen LogP contribution is 2.31. The Morgan fingerprint density at radius 1 is 1.09 bits per heavy atom. The first-order chi connectivity index (χ1) is 16.0. The van der Waals surface area contributed by atoms with Crippen LogP contribution in [-0.4, -0.2) is 38.1 Å². The number of carbonyl (C=O) groups is 1. The molecule has 2 aromatic carbocycles. The average molecular weight is 443 g/mol. The molecule has 0 fully saturated rings. The van der Waals surface area contributed by atoms with Crippen LogP contribution in [0.4, 0.5) is 5.69 Å². The number of hydrogen-bond donors (Lipinski definition) is 1. The number of hydrogen-bond acceptors (Lipinski definition) is 7. The quantitative estimate of drug-likeness (QED) is 0.500. The van der Waals surface area contributed by atoms with Gasteiger partial charge in [0.2, 0.25) is 12.0 Å². The molecular weight excluding hydrogens is 422 g/mol. The van der Waals surface area contributed by atoms with Gasteiger partial charge < -0.3 is 19.5 Å². The molecule has 0 saturated heterocycles. The van der Waals surface area contributed by atoms with Crippen molar-refractivity contribution >= 4 is 11.6 Å². The van der Waals surface area contributed by atoms with Gasteiger partial charge in [-0.1, -0.05) is 12.1 Å². The first-order valence-corrected chi connectivity index (χ1v) is 10.4. The highest BCUT2D eigenvalue weighted by atomic mass is 16.6. The normalized spacial score (nSPS) is 14.5. The van der Waals surface area contributed by atoms with E-state index in [2.05, 4.69) is 20.3 Å². The van der Waals surface area contributed by atoms with Gasteiger partial charge in [0, 0.05) is 24.1 Å². The molecule has 1 atom stereocenters. The number of nitrogens with zero attached hydrogens (tertiary/aromatic N) is 4. The number of carbonyl (C=O) groups excluding carboxylic acids is 1. The molecule has 1 amide bonds. The molecule has 1 aliphatic rings. The summed E-state index contributed by atoms with van der Waals surface area (Å²) in [6.07, 6.45) is 2.81. The molecule has 0 spiro atoms. The number of aromatic nitrogens is 4. The third-order valence-corrected chi connectivity index (χ3v) is 5.02. The number of rotatable bonds is 5. The predicted octanol–water partition coefficient (Wildman–Crippen LogP) is 3.85. The van der Waals surface area contributed by atoms with E-state index in [-0.39, 0.29) is 12.5 Å². The van der Waals surface area contributed by atoms with Crippen molar-refractivity contribution in [2.45, 2.75) is 20.0 Å². The standard InChI is InChI=1S/C24H21N5O4/c1-15-26-22(29-12-11-25-16(29)2)13-23(27-15)32-18-9-7-17(8-10-18)28-24(30)21-14-31-19-5-3-4-6-20(19)33-21/h3-13,21H,14H2,1-2H3,(H,28,30). The van der Waals surface area contributed by atoms with Gasteiger partial charge in [-0.15, -0.1) is 0 Å². The monoisotopic (exact) mass is 443 g/mol. The predicted molar refractivity (Wildman–Crippen MR) is 120 cm³/mol. The lowest BCUT2D eigenvalue weighted by Gasteiger charge is -2.25. The van der Waals surface area contributed by atoms with Crippen LogP contribution in [0.2, 0.25) is 0 Å². The second kappa shape index (κ2) is 8.62. The molecule has 4 aromatic rings. The highest BCUT2D eigenvalue weighted by Gasteiger charge is 2.27. The molecule has 166 valence electrons. The first-order valence-electron chi connectivity index (χ1n) is 10.4. The van der Waals surface area contributed by atoms with Gasteiger partial charge in [0.05, 0.1) is 0 Å². The van der Waals surface area contributed by atoms with E-state index in [0.29, 0.717) is 40.5 Å². The van der Waals surface area contributed by atoms with Crippen LogP contribution < -0.4 is 19.5 Å². The SMILES string of the molecule is Cc1nc(Oc2ccc(NC(=O)C3COc4ccccc4O3)cc2)cc(-n2ccnc2C)n1. The van der Waals surface area contributed by atoms with Crippen LogP contribution in [0.15, 0.2) is 67.0 Å². The molecule has 1 aliphatic heterocycles. The fourth-order valence-corrected chi connectivity index (χ4v) is 3.42. The Balaban J connectivity index is 1.25. The molecule has 0 saturated carbocycles. The van der Waals surface area contributed by atoms with Gasteiger partial charge >= 0.3 is 0 Å². The summed E-state index contributed by atoms with van der Waals surface area (Å²) in [6, 6.07) is 16.0. The average Bonchev–Trinajstić information content (AvgIpc) is 3.25. The molecule has 1 unspecified atom stereocenters. The maximum atomic E-state index is 12.6. The summed E-state index contributed by atoms with van der Waals surface area (Å²) in [4.78, 5) is 25.6. The summed E-state index contributed by atoms with van der Waals surface area (Å²) in [5.74, 6) is 3.95.